The average molecular weight is 488 g/mol. The highest BCUT2D eigenvalue weighted by molar-refractivity contribution is 5.76. The molecule has 9 nitrogen and oxygen atoms in total. The van der Waals surface area contributed by atoms with Gasteiger partial charge in [-0.1, -0.05) is 19.1 Å². The van der Waals surface area contributed by atoms with E-state index in [-0.39, 0.29) is 11.3 Å². The minimum absolute atomic E-state index is 0.260. The number of carbonyl (C=O) groups is 1. The van der Waals surface area contributed by atoms with Crippen LogP contribution in [0, 0.1) is 11.8 Å². The Labute approximate surface area is 204 Å². The van der Waals surface area contributed by atoms with Gasteiger partial charge in [-0.15, -0.1) is 0 Å². The second kappa shape index (κ2) is 9.56. The van der Waals surface area contributed by atoms with Gasteiger partial charge < -0.3 is 39.6 Å². The third kappa shape index (κ3) is 3.61. The summed E-state index contributed by atoms with van der Waals surface area (Å²) in [4.78, 5) is 12.7. The van der Waals surface area contributed by atoms with E-state index in [1.807, 2.05) is 0 Å². The molecule has 0 radical (unpaired) electrons. The van der Waals surface area contributed by atoms with Crippen molar-refractivity contribution in [1.82, 2.24) is 0 Å². The van der Waals surface area contributed by atoms with Gasteiger partial charge in [-0.2, -0.15) is 0 Å². The molecule has 0 aromatic heterocycles. The highest BCUT2D eigenvalue weighted by Crippen LogP contribution is 2.67. The molecule has 9 heteroatoms. The van der Waals surface area contributed by atoms with Crippen molar-refractivity contribution < 1.29 is 38.7 Å². The molecule has 35 heavy (non-hydrogen) atoms. The van der Waals surface area contributed by atoms with Crippen molar-refractivity contribution in [2.45, 2.75) is 37.1 Å². The predicted octanol–water partition coefficient (Wildman–Crippen LogP) is 2.10. The molecule has 0 saturated heterocycles. The Kier molecular flexibility index (Phi) is 6.86. The van der Waals surface area contributed by atoms with Gasteiger partial charge in [-0.25, -0.2) is 0 Å². The van der Waals surface area contributed by atoms with E-state index in [0.717, 1.165) is 12.8 Å². The third-order valence-corrected chi connectivity index (χ3v) is 7.29. The molecule has 2 aromatic carbocycles. The first-order chi connectivity index (χ1) is 16.8. The zero-order valence-corrected chi connectivity index (χ0v) is 20.4. The molecule has 0 amide bonds. The van der Waals surface area contributed by atoms with E-state index in [2.05, 4.69) is 0 Å². The smallest absolute Gasteiger partial charge is 0.311 e. The molecule has 4 N–H and O–H groups in total. The Balaban J connectivity index is 1.88. The molecular formula is C26H33NO8. The first kappa shape index (κ1) is 25.1. The Hall–Kier alpha value is -3.01. The number of fused-ring (bicyclic) bond motifs is 3. The number of nitrogens with two attached hydrogens (primary N) is 1. The minimum Gasteiger partial charge on any atom is -0.497 e. The molecule has 2 aromatic rings. The van der Waals surface area contributed by atoms with Gasteiger partial charge in [0.1, 0.15) is 29.1 Å². The fourth-order valence-corrected chi connectivity index (χ4v) is 5.58. The highest BCUT2D eigenvalue weighted by atomic mass is 16.6. The normalized spacial score (nSPS) is 28.6. The Morgan fingerprint density at radius 2 is 1.80 bits per heavy atom. The van der Waals surface area contributed by atoms with E-state index in [1.54, 1.807) is 50.4 Å². The van der Waals surface area contributed by atoms with Gasteiger partial charge in [0.15, 0.2) is 11.2 Å². The number of rotatable bonds is 9. The summed E-state index contributed by atoms with van der Waals surface area (Å²) in [5.41, 5.74) is 2.87. The van der Waals surface area contributed by atoms with E-state index in [4.69, 9.17) is 29.4 Å². The summed E-state index contributed by atoms with van der Waals surface area (Å²) in [6, 6.07) is 10.3. The first-order valence-electron chi connectivity index (χ1n) is 11.7. The Morgan fingerprint density at radius 3 is 2.40 bits per heavy atom. The molecule has 1 fully saturated rings. The minimum atomic E-state index is -2.02. The van der Waals surface area contributed by atoms with Crippen LogP contribution in [0.25, 0.3) is 0 Å². The summed E-state index contributed by atoms with van der Waals surface area (Å²) >= 11 is 0. The standard InChI is InChI=1S/C26H33NO8/c1-15-21(24(29)33-4)23(28)25(30)22-19(32-3)13-18(34-12-6-5-11-27)14-20(22)35-26(15,25)16-7-9-17(31-2)10-8-16/h7-10,13-15,21,23,28,30H,5-6,11-12,27H2,1-4H3/t15-,21-,23-,25+,26-/m1/s1. The van der Waals surface area contributed by atoms with Crippen LogP contribution in [-0.4, -0.2) is 56.8 Å². The van der Waals surface area contributed by atoms with Crippen molar-refractivity contribution in [1.29, 1.82) is 0 Å². The maximum absolute atomic E-state index is 12.7. The lowest BCUT2D eigenvalue weighted by atomic mass is 9.73. The van der Waals surface area contributed by atoms with Crippen LogP contribution in [0.2, 0.25) is 0 Å². The van der Waals surface area contributed by atoms with Gasteiger partial charge in [0, 0.05) is 18.1 Å². The van der Waals surface area contributed by atoms with E-state index in [1.165, 1.54) is 14.2 Å². The van der Waals surface area contributed by atoms with Crippen LogP contribution in [0.3, 0.4) is 0 Å². The lowest BCUT2D eigenvalue weighted by Crippen LogP contribution is -2.52. The molecule has 1 saturated carbocycles. The Morgan fingerprint density at radius 1 is 1.09 bits per heavy atom. The van der Waals surface area contributed by atoms with E-state index >= 15 is 0 Å². The number of methoxy groups -OCH3 is 3. The second-order valence-corrected chi connectivity index (χ2v) is 8.96. The van der Waals surface area contributed by atoms with Crippen molar-refractivity contribution >= 4 is 5.97 Å². The largest absolute Gasteiger partial charge is 0.497 e. The van der Waals surface area contributed by atoms with Crippen molar-refractivity contribution in [2.75, 3.05) is 34.5 Å². The van der Waals surface area contributed by atoms with Crippen LogP contribution in [0.1, 0.15) is 30.9 Å². The number of carbonyl (C=O) groups excluding carboxylic acids is 1. The topological polar surface area (TPSA) is 130 Å². The van der Waals surface area contributed by atoms with E-state index in [9.17, 15) is 15.0 Å². The van der Waals surface area contributed by atoms with Crippen LogP contribution in [0.5, 0.6) is 23.0 Å². The number of esters is 1. The monoisotopic (exact) mass is 487 g/mol. The molecule has 0 spiro atoms. The van der Waals surface area contributed by atoms with Crippen molar-refractivity contribution in [2.24, 2.45) is 17.6 Å². The van der Waals surface area contributed by atoms with Gasteiger partial charge in [0.25, 0.3) is 0 Å². The van der Waals surface area contributed by atoms with Crippen LogP contribution in [0.15, 0.2) is 36.4 Å². The number of unbranched alkanes of at least 4 members (excludes halogenated alkanes) is 1. The maximum Gasteiger partial charge on any atom is 0.311 e. The zero-order valence-electron chi connectivity index (χ0n) is 20.4. The fraction of sp³-hybridized carbons (Fsp3) is 0.500. The van der Waals surface area contributed by atoms with Crippen LogP contribution in [-0.2, 0) is 20.7 Å². The highest BCUT2D eigenvalue weighted by Gasteiger charge is 2.77. The Bertz CT molecular complexity index is 1070. The summed E-state index contributed by atoms with van der Waals surface area (Å²) in [6.07, 6.45) is 0.0865. The summed E-state index contributed by atoms with van der Waals surface area (Å²) < 4.78 is 28.3. The summed E-state index contributed by atoms with van der Waals surface area (Å²) in [5.74, 6) is -0.642. The van der Waals surface area contributed by atoms with Crippen LogP contribution < -0.4 is 24.7 Å². The van der Waals surface area contributed by atoms with Gasteiger partial charge in [0.2, 0.25) is 0 Å². The molecule has 190 valence electrons. The maximum atomic E-state index is 12.7. The number of aliphatic hydroxyl groups is 2. The lowest BCUT2D eigenvalue weighted by molar-refractivity contribution is -0.162. The number of ether oxygens (including phenoxy) is 5. The summed E-state index contributed by atoms with van der Waals surface area (Å²) in [7, 11) is 4.28. The number of hydrogen-bond donors (Lipinski definition) is 3. The number of benzene rings is 2. The second-order valence-electron chi connectivity index (χ2n) is 8.96. The van der Waals surface area contributed by atoms with Gasteiger partial charge in [-0.3, -0.25) is 4.79 Å². The van der Waals surface area contributed by atoms with Gasteiger partial charge in [0.05, 0.1) is 39.4 Å². The van der Waals surface area contributed by atoms with Crippen LogP contribution in [0.4, 0.5) is 0 Å². The number of aliphatic hydroxyl groups excluding tert-OH is 1. The van der Waals surface area contributed by atoms with Crippen molar-refractivity contribution in [3.8, 4) is 23.0 Å². The molecule has 2 aliphatic rings. The molecule has 0 bridgehead atoms. The van der Waals surface area contributed by atoms with Crippen molar-refractivity contribution in [3.63, 3.8) is 0 Å². The molecular weight excluding hydrogens is 454 g/mol. The van der Waals surface area contributed by atoms with E-state index in [0.29, 0.717) is 36.0 Å². The summed E-state index contributed by atoms with van der Waals surface area (Å²) in [6.45, 7) is 2.79. The third-order valence-electron chi connectivity index (χ3n) is 7.29. The zero-order chi connectivity index (χ0) is 25.4. The van der Waals surface area contributed by atoms with Crippen molar-refractivity contribution in [3.05, 3.63) is 47.5 Å². The quantitative estimate of drug-likeness (QED) is 0.360. The molecule has 0 unspecified atom stereocenters. The molecule has 1 aliphatic heterocycles. The average Bonchev–Trinajstić information content (AvgIpc) is 3.24. The fourth-order valence-electron chi connectivity index (χ4n) is 5.58. The molecule has 1 aliphatic carbocycles. The SMILES string of the molecule is COC(=O)[C@H]1[C@@H](O)[C@@]2(O)c3c(OC)cc(OCCCCN)cc3O[C@@]2(c2ccc(OC)cc2)[C@@H]1C. The van der Waals surface area contributed by atoms with Gasteiger partial charge >= 0.3 is 5.97 Å². The molecule has 5 atom stereocenters. The van der Waals surface area contributed by atoms with E-state index < -0.39 is 35.1 Å². The number of hydrogen-bond acceptors (Lipinski definition) is 9. The van der Waals surface area contributed by atoms with Gasteiger partial charge in [-0.05, 0) is 37.1 Å². The molecule has 1 heterocycles. The lowest BCUT2D eigenvalue weighted by Gasteiger charge is -2.39. The summed E-state index contributed by atoms with van der Waals surface area (Å²) in [5, 5.41) is 23.9. The predicted molar refractivity (Wildman–Crippen MR) is 127 cm³/mol. The van der Waals surface area contributed by atoms with Crippen LogP contribution >= 0.6 is 0 Å². The first-order valence-corrected chi connectivity index (χ1v) is 11.7. The molecule has 4 rings (SSSR count).